The molecule has 1 aromatic rings. The fourth-order valence-electron chi connectivity index (χ4n) is 2.18. The van der Waals surface area contributed by atoms with E-state index in [2.05, 4.69) is 15.2 Å². The van der Waals surface area contributed by atoms with Gasteiger partial charge in [0.15, 0.2) is 0 Å². The van der Waals surface area contributed by atoms with Gasteiger partial charge in [0.1, 0.15) is 11.6 Å². The lowest BCUT2D eigenvalue weighted by Gasteiger charge is -2.21. The summed E-state index contributed by atoms with van der Waals surface area (Å²) in [6.45, 7) is 3.19. The average molecular weight is 316 g/mol. The Hall–Kier alpha value is -1.60. The van der Waals surface area contributed by atoms with E-state index in [0.29, 0.717) is 18.2 Å². The summed E-state index contributed by atoms with van der Waals surface area (Å²) in [5, 5.41) is 7.13. The lowest BCUT2D eigenvalue weighted by atomic mass is 10.0. The molecule has 2 heterocycles. The molecule has 0 aliphatic carbocycles. The number of ether oxygens (including phenoxy) is 2. The first-order chi connectivity index (χ1) is 10.0. The first-order valence-electron chi connectivity index (χ1n) is 6.69. The number of rotatable bonds is 5. The van der Waals surface area contributed by atoms with Crippen molar-refractivity contribution >= 4 is 23.3 Å². The van der Waals surface area contributed by atoms with Gasteiger partial charge in [0.05, 0.1) is 25.6 Å². The molecule has 2 unspecified atom stereocenters. The van der Waals surface area contributed by atoms with Gasteiger partial charge < -0.3 is 14.8 Å². The Morgan fingerprint density at radius 2 is 2.48 bits per heavy atom. The number of hydrogen-bond acceptors (Lipinski definition) is 6. The monoisotopic (exact) mass is 315 g/mol. The molecule has 1 saturated heterocycles. The molecule has 8 heteroatoms. The zero-order valence-electron chi connectivity index (χ0n) is 12.0. The largest absolute Gasteiger partial charge is 0.468 e. The van der Waals surface area contributed by atoms with Crippen molar-refractivity contribution in [2.45, 2.75) is 25.9 Å². The summed E-state index contributed by atoms with van der Waals surface area (Å²) in [5.74, 6) is -0.184. The predicted molar refractivity (Wildman–Crippen MR) is 77.5 cm³/mol. The van der Waals surface area contributed by atoms with Gasteiger partial charge in [0.2, 0.25) is 0 Å². The van der Waals surface area contributed by atoms with Crippen LogP contribution in [0.1, 0.15) is 13.3 Å². The van der Waals surface area contributed by atoms with Crippen molar-refractivity contribution in [2.75, 3.05) is 25.6 Å². The number of carbonyl (C=O) groups excluding carboxylic acids is 1. The predicted octanol–water partition coefficient (Wildman–Crippen LogP) is 0.907. The summed E-state index contributed by atoms with van der Waals surface area (Å²) >= 11 is 6.06. The maximum absolute atomic E-state index is 12.0. The van der Waals surface area contributed by atoms with Crippen LogP contribution in [0.15, 0.2) is 11.0 Å². The summed E-state index contributed by atoms with van der Waals surface area (Å²) in [7, 11) is 1.25. The molecule has 1 aliphatic rings. The number of methoxy groups -OCH3 is 1. The third-order valence-electron chi connectivity index (χ3n) is 3.55. The van der Waals surface area contributed by atoms with Gasteiger partial charge in [0, 0.05) is 18.6 Å². The Labute approximate surface area is 127 Å². The Kier molecular flexibility index (Phi) is 5.19. The zero-order valence-corrected chi connectivity index (χ0v) is 12.7. The van der Waals surface area contributed by atoms with Gasteiger partial charge in [-0.3, -0.25) is 9.59 Å². The van der Waals surface area contributed by atoms with Crippen LogP contribution in [0, 0.1) is 5.92 Å². The van der Waals surface area contributed by atoms with Gasteiger partial charge in [-0.25, -0.2) is 4.68 Å². The summed E-state index contributed by atoms with van der Waals surface area (Å²) in [4.78, 5) is 23.2. The molecule has 0 saturated carbocycles. The van der Waals surface area contributed by atoms with Crippen molar-refractivity contribution in [2.24, 2.45) is 5.92 Å². The Morgan fingerprint density at radius 1 is 1.71 bits per heavy atom. The molecule has 0 bridgehead atoms. The van der Waals surface area contributed by atoms with Gasteiger partial charge in [0.25, 0.3) is 5.56 Å². The molecule has 1 aliphatic heterocycles. The number of hydrogen-bond donors (Lipinski definition) is 1. The first-order valence-corrected chi connectivity index (χ1v) is 7.07. The number of nitrogens with zero attached hydrogens (tertiary/aromatic N) is 2. The maximum Gasteiger partial charge on any atom is 0.327 e. The summed E-state index contributed by atoms with van der Waals surface area (Å²) in [6.07, 6.45) is 2.41. The van der Waals surface area contributed by atoms with E-state index in [4.69, 9.17) is 16.3 Å². The Balaban J connectivity index is 2.12. The zero-order chi connectivity index (χ0) is 15.4. The molecule has 1 fully saturated rings. The quantitative estimate of drug-likeness (QED) is 0.813. The highest BCUT2D eigenvalue weighted by molar-refractivity contribution is 6.32. The standard InChI is InChI=1S/C13H18ClN3O4/c1-8(9-3-4-21-7-9)16-10-5-15-17(6-11(18)20-2)13(19)12(10)14/h5,8-9,16H,3-4,6-7H2,1-2H3. The van der Waals surface area contributed by atoms with Gasteiger partial charge in [-0.05, 0) is 13.3 Å². The molecule has 2 atom stereocenters. The molecular weight excluding hydrogens is 298 g/mol. The van der Waals surface area contributed by atoms with Gasteiger partial charge in [-0.1, -0.05) is 11.6 Å². The number of aromatic nitrogens is 2. The number of esters is 1. The number of nitrogens with one attached hydrogen (secondary N) is 1. The SMILES string of the molecule is COC(=O)Cn1ncc(NC(C)C2CCOC2)c(Cl)c1=O. The highest BCUT2D eigenvalue weighted by Crippen LogP contribution is 2.22. The van der Waals surface area contributed by atoms with E-state index in [9.17, 15) is 9.59 Å². The van der Waals surface area contributed by atoms with Crippen LogP contribution in [-0.4, -0.2) is 42.1 Å². The Morgan fingerprint density at radius 3 is 3.10 bits per heavy atom. The normalized spacial score (nSPS) is 19.3. The van der Waals surface area contributed by atoms with Crippen molar-refractivity contribution < 1.29 is 14.3 Å². The van der Waals surface area contributed by atoms with E-state index in [1.54, 1.807) is 0 Å². The third-order valence-corrected chi connectivity index (χ3v) is 3.91. The van der Waals surface area contributed by atoms with Crippen LogP contribution in [-0.2, 0) is 20.8 Å². The van der Waals surface area contributed by atoms with E-state index in [1.807, 2.05) is 6.92 Å². The highest BCUT2D eigenvalue weighted by atomic mass is 35.5. The molecule has 116 valence electrons. The summed E-state index contributed by atoms with van der Waals surface area (Å²) in [6, 6.07) is 0.114. The van der Waals surface area contributed by atoms with E-state index in [0.717, 1.165) is 17.7 Å². The molecule has 21 heavy (non-hydrogen) atoms. The fourth-order valence-corrected chi connectivity index (χ4v) is 2.38. The van der Waals surface area contributed by atoms with Crippen molar-refractivity contribution in [3.63, 3.8) is 0 Å². The average Bonchev–Trinajstić information content (AvgIpc) is 3.01. The number of carbonyl (C=O) groups is 1. The van der Waals surface area contributed by atoms with Crippen LogP contribution >= 0.6 is 11.6 Å². The highest BCUT2D eigenvalue weighted by Gasteiger charge is 2.23. The lowest BCUT2D eigenvalue weighted by Crippen LogP contribution is -2.31. The fraction of sp³-hybridized carbons (Fsp3) is 0.615. The first kappa shape index (κ1) is 15.8. The van der Waals surface area contributed by atoms with Gasteiger partial charge in [-0.2, -0.15) is 5.10 Å². The lowest BCUT2D eigenvalue weighted by molar-refractivity contribution is -0.141. The van der Waals surface area contributed by atoms with Crippen LogP contribution in [0.4, 0.5) is 5.69 Å². The minimum absolute atomic E-state index is 0.0136. The van der Waals surface area contributed by atoms with Crippen LogP contribution in [0.2, 0.25) is 5.02 Å². The molecule has 0 amide bonds. The van der Waals surface area contributed by atoms with Crippen LogP contribution in [0.25, 0.3) is 0 Å². The molecule has 1 aromatic heterocycles. The van der Waals surface area contributed by atoms with Crippen molar-refractivity contribution in [3.8, 4) is 0 Å². The summed E-state index contributed by atoms with van der Waals surface area (Å²) in [5.41, 5.74) is -0.0656. The molecule has 7 nitrogen and oxygen atoms in total. The molecular formula is C13H18ClN3O4. The molecule has 0 spiro atoms. The maximum atomic E-state index is 12.0. The van der Waals surface area contributed by atoms with E-state index in [-0.39, 0.29) is 17.6 Å². The molecule has 2 rings (SSSR count). The second kappa shape index (κ2) is 6.91. The Bertz CT molecular complexity index is 569. The third kappa shape index (κ3) is 3.74. The van der Waals surface area contributed by atoms with E-state index < -0.39 is 11.5 Å². The van der Waals surface area contributed by atoms with Crippen molar-refractivity contribution in [1.82, 2.24) is 9.78 Å². The van der Waals surface area contributed by atoms with Crippen molar-refractivity contribution in [3.05, 3.63) is 21.6 Å². The second-order valence-electron chi connectivity index (χ2n) is 4.97. The van der Waals surface area contributed by atoms with E-state index >= 15 is 0 Å². The number of anilines is 1. The van der Waals surface area contributed by atoms with Crippen LogP contribution < -0.4 is 10.9 Å². The van der Waals surface area contributed by atoms with Crippen LogP contribution in [0.3, 0.4) is 0 Å². The number of halogens is 1. The van der Waals surface area contributed by atoms with Crippen LogP contribution in [0.5, 0.6) is 0 Å². The van der Waals surface area contributed by atoms with E-state index in [1.165, 1.54) is 13.3 Å². The molecule has 0 aromatic carbocycles. The molecule has 0 radical (unpaired) electrons. The second-order valence-corrected chi connectivity index (χ2v) is 5.35. The van der Waals surface area contributed by atoms with Gasteiger partial charge >= 0.3 is 5.97 Å². The van der Waals surface area contributed by atoms with Gasteiger partial charge in [-0.15, -0.1) is 0 Å². The van der Waals surface area contributed by atoms with Crippen molar-refractivity contribution in [1.29, 1.82) is 0 Å². The minimum Gasteiger partial charge on any atom is -0.468 e. The topological polar surface area (TPSA) is 82.5 Å². The summed E-state index contributed by atoms with van der Waals surface area (Å²) < 4.78 is 10.8. The minimum atomic E-state index is -0.558. The molecule has 1 N–H and O–H groups in total. The smallest absolute Gasteiger partial charge is 0.327 e.